The third kappa shape index (κ3) is 3.48. The van der Waals surface area contributed by atoms with E-state index in [0.717, 1.165) is 41.4 Å². The minimum atomic E-state index is -0.0578. The molecule has 0 radical (unpaired) electrons. The van der Waals surface area contributed by atoms with Crippen molar-refractivity contribution < 1.29 is 0 Å². The van der Waals surface area contributed by atoms with E-state index in [1.165, 1.54) is 5.56 Å². The van der Waals surface area contributed by atoms with E-state index < -0.39 is 0 Å². The Kier molecular flexibility index (Phi) is 4.34. The van der Waals surface area contributed by atoms with Gasteiger partial charge in [-0.05, 0) is 29.8 Å². The second-order valence-corrected chi connectivity index (χ2v) is 6.60. The Morgan fingerprint density at radius 3 is 2.64 bits per heavy atom. The van der Waals surface area contributed by atoms with Gasteiger partial charge in [0.25, 0.3) is 5.56 Å². The van der Waals surface area contributed by atoms with Crippen LogP contribution in [0.15, 0.2) is 53.6 Å². The van der Waals surface area contributed by atoms with Gasteiger partial charge in [-0.3, -0.25) is 14.7 Å². The van der Waals surface area contributed by atoms with E-state index in [1.54, 1.807) is 12.4 Å². The van der Waals surface area contributed by atoms with Gasteiger partial charge in [0.15, 0.2) is 0 Å². The largest absolute Gasteiger partial charge is 0.306 e. The first-order valence-corrected chi connectivity index (χ1v) is 8.56. The number of H-pyrrole nitrogens is 1. The van der Waals surface area contributed by atoms with E-state index in [9.17, 15) is 4.79 Å². The summed E-state index contributed by atoms with van der Waals surface area (Å²) < 4.78 is 0. The van der Waals surface area contributed by atoms with Crippen molar-refractivity contribution in [2.75, 3.05) is 6.54 Å². The van der Waals surface area contributed by atoms with Crippen molar-refractivity contribution in [2.24, 2.45) is 0 Å². The molecule has 0 fully saturated rings. The first-order chi connectivity index (χ1) is 12.2. The molecule has 1 aromatic carbocycles. The van der Waals surface area contributed by atoms with Gasteiger partial charge in [0.2, 0.25) is 0 Å². The van der Waals surface area contributed by atoms with E-state index in [2.05, 4.69) is 19.9 Å². The summed E-state index contributed by atoms with van der Waals surface area (Å²) in [5.41, 5.74) is 3.66. The zero-order chi connectivity index (χ0) is 17.2. The topological polar surface area (TPSA) is 61.9 Å². The normalized spacial score (nSPS) is 14.3. The number of aromatic amines is 1. The smallest absolute Gasteiger partial charge is 0.255 e. The molecule has 1 aliphatic rings. The van der Waals surface area contributed by atoms with E-state index in [4.69, 9.17) is 11.6 Å². The average Bonchev–Trinajstić information content (AvgIpc) is 2.65. The van der Waals surface area contributed by atoms with Crippen LogP contribution in [0.25, 0.3) is 11.4 Å². The zero-order valence-corrected chi connectivity index (χ0v) is 14.3. The molecule has 2 aromatic heterocycles. The SMILES string of the molecule is O=c1[nH]c(-c2ccncc2)nc2c1CN(Cc1ccc(Cl)cc1)CC2. The summed E-state index contributed by atoms with van der Waals surface area (Å²) in [6.07, 6.45) is 4.16. The van der Waals surface area contributed by atoms with E-state index in [-0.39, 0.29) is 5.56 Å². The molecule has 0 bridgehead atoms. The van der Waals surface area contributed by atoms with Gasteiger partial charge in [-0.15, -0.1) is 0 Å². The van der Waals surface area contributed by atoms with Gasteiger partial charge in [0, 0.05) is 49.0 Å². The predicted molar refractivity (Wildman–Crippen MR) is 97.4 cm³/mol. The summed E-state index contributed by atoms with van der Waals surface area (Å²) in [4.78, 5) is 26.4. The van der Waals surface area contributed by atoms with Crippen molar-refractivity contribution in [1.29, 1.82) is 0 Å². The van der Waals surface area contributed by atoms with Crippen molar-refractivity contribution in [3.05, 3.63) is 81.0 Å². The highest BCUT2D eigenvalue weighted by Gasteiger charge is 2.21. The number of hydrogen-bond acceptors (Lipinski definition) is 4. The maximum absolute atomic E-state index is 12.5. The first-order valence-electron chi connectivity index (χ1n) is 8.18. The quantitative estimate of drug-likeness (QED) is 0.787. The number of aromatic nitrogens is 3. The molecule has 0 atom stereocenters. The van der Waals surface area contributed by atoms with Crippen LogP contribution in [0.4, 0.5) is 0 Å². The molecule has 0 aliphatic carbocycles. The molecule has 126 valence electrons. The highest BCUT2D eigenvalue weighted by Crippen LogP contribution is 2.20. The first kappa shape index (κ1) is 16.0. The molecule has 1 N–H and O–H groups in total. The summed E-state index contributed by atoms with van der Waals surface area (Å²) in [7, 11) is 0. The lowest BCUT2D eigenvalue weighted by Gasteiger charge is -2.27. The average molecular weight is 353 g/mol. The zero-order valence-electron chi connectivity index (χ0n) is 13.6. The summed E-state index contributed by atoms with van der Waals surface area (Å²) in [5.74, 6) is 0.609. The van der Waals surface area contributed by atoms with Crippen LogP contribution in [0.2, 0.25) is 5.02 Å². The minimum Gasteiger partial charge on any atom is -0.306 e. The number of rotatable bonds is 3. The summed E-state index contributed by atoms with van der Waals surface area (Å²) in [5, 5.41) is 0.733. The fourth-order valence-corrected chi connectivity index (χ4v) is 3.24. The van der Waals surface area contributed by atoms with Crippen LogP contribution < -0.4 is 5.56 Å². The van der Waals surface area contributed by atoms with Crippen molar-refractivity contribution in [2.45, 2.75) is 19.5 Å². The van der Waals surface area contributed by atoms with Gasteiger partial charge in [0.1, 0.15) is 5.82 Å². The fourth-order valence-electron chi connectivity index (χ4n) is 3.11. The molecule has 0 spiro atoms. The molecule has 6 heteroatoms. The Morgan fingerprint density at radius 2 is 1.88 bits per heavy atom. The highest BCUT2D eigenvalue weighted by atomic mass is 35.5. The minimum absolute atomic E-state index is 0.0578. The van der Waals surface area contributed by atoms with Crippen LogP contribution in [0.3, 0.4) is 0 Å². The van der Waals surface area contributed by atoms with E-state index in [1.807, 2.05) is 36.4 Å². The third-order valence-corrected chi connectivity index (χ3v) is 4.67. The number of hydrogen-bond donors (Lipinski definition) is 1. The number of pyridine rings is 1. The van der Waals surface area contributed by atoms with Gasteiger partial charge in [-0.25, -0.2) is 4.98 Å². The predicted octanol–water partition coefficient (Wildman–Crippen LogP) is 3.04. The van der Waals surface area contributed by atoms with Crippen LogP contribution in [0, 0.1) is 0 Å². The second-order valence-electron chi connectivity index (χ2n) is 6.16. The lowest BCUT2D eigenvalue weighted by molar-refractivity contribution is 0.242. The van der Waals surface area contributed by atoms with Crippen LogP contribution in [0.1, 0.15) is 16.8 Å². The Morgan fingerprint density at radius 1 is 1.12 bits per heavy atom. The number of fused-ring (bicyclic) bond motifs is 1. The molecule has 0 saturated heterocycles. The number of halogens is 1. The third-order valence-electron chi connectivity index (χ3n) is 4.42. The van der Waals surface area contributed by atoms with Crippen molar-refractivity contribution in [3.8, 4) is 11.4 Å². The van der Waals surface area contributed by atoms with E-state index in [0.29, 0.717) is 12.4 Å². The number of benzene rings is 1. The summed E-state index contributed by atoms with van der Waals surface area (Å²) in [6.45, 7) is 2.28. The monoisotopic (exact) mass is 352 g/mol. The van der Waals surface area contributed by atoms with Crippen molar-refractivity contribution in [1.82, 2.24) is 19.9 Å². The van der Waals surface area contributed by atoms with Crippen LogP contribution in [-0.4, -0.2) is 26.4 Å². The highest BCUT2D eigenvalue weighted by molar-refractivity contribution is 6.30. The molecule has 5 nitrogen and oxygen atoms in total. The molecule has 1 aliphatic heterocycles. The molecule has 0 saturated carbocycles. The van der Waals surface area contributed by atoms with Gasteiger partial charge in [0.05, 0.1) is 11.3 Å². The van der Waals surface area contributed by atoms with E-state index >= 15 is 0 Å². The van der Waals surface area contributed by atoms with Crippen molar-refractivity contribution in [3.63, 3.8) is 0 Å². The molecule has 3 heterocycles. The summed E-state index contributed by atoms with van der Waals surface area (Å²) >= 11 is 5.94. The fraction of sp³-hybridized carbons (Fsp3) is 0.211. The van der Waals surface area contributed by atoms with Crippen LogP contribution in [0.5, 0.6) is 0 Å². The van der Waals surface area contributed by atoms with Gasteiger partial charge in [-0.1, -0.05) is 23.7 Å². The lowest BCUT2D eigenvalue weighted by atomic mass is 10.1. The molecule has 25 heavy (non-hydrogen) atoms. The van der Waals surface area contributed by atoms with Crippen LogP contribution >= 0.6 is 11.6 Å². The Balaban J connectivity index is 1.57. The second kappa shape index (κ2) is 6.78. The van der Waals surface area contributed by atoms with Crippen molar-refractivity contribution >= 4 is 11.6 Å². The molecular weight excluding hydrogens is 336 g/mol. The standard InChI is InChI=1S/C19H17ClN4O/c20-15-3-1-13(2-4-15)11-24-10-7-17-16(12-24)19(25)23-18(22-17)14-5-8-21-9-6-14/h1-6,8-9H,7,10-12H2,(H,22,23,25). The summed E-state index contributed by atoms with van der Waals surface area (Å²) in [6, 6.07) is 11.5. The Hall–Kier alpha value is -2.50. The maximum Gasteiger partial charge on any atom is 0.255 e. The van der Waals surface area contributed by atoms with Gasteiger partial charge < -0.3 is 4.98 Å². The van der Waals surface area contributed by atoms with Gasteiger partial charge in [-0.2, -0.15) is 0 Å². The number of nitrogens with one attached hydrogen (secondary N) is 1. The molecular formula is C19H17ClN4O. The van der Waals surface area contributed by atoms with Crippen LogP contribution in [-0.2, 0) is 19.5 Å². The number of nitrogens with zero attached hydrogens (tertiary/aromatic N) is 3. The lowest BCUT2D eigenvalue weighted by Crippen LogP contribution is -2.35. The Labute approximate surface area is 150 Å². The molecule has 4 rings (SSSR count). The maximum atomic E-state index is 12.5. The Bertz CT molecular complexity index is 938. The molecule has 3 aromatic rings. The van der Waals surface area contributed by atoms with Gasteiger partial charge >= 0.3 is 0 Å². The molecule has 0 unspecified atom stereocenters. The molecule has 0 amide bonds.